The molecule has 0 bridgehead atoms. The molecular formula is C9H9F2NO. The first-order valence-corrected chi connectivity index (χ1v) is 3.81. The van der Waals surface area contributed by atoms with E-state index in [4.69, 9.17) is 0 Å². The third-order valence-corrected chi connectivity index (χ3v) is 1.52. The van der Waals surface area contributed by atoms with Gasteiger partial charge >= 0.3 is 0 Å². The summed E-state index contributed by atoms with van der Waals surface area (Å²) < 4.78 is 24.3. The Bertz CT molecular complexity index is 312. The van der Waals surface area contributed by atoms with E-state index >= 15 is 0 Å². The van der Waals surface area contributed by atoms with Gasteiger partial charge in [-0.05, 0) is 18.6 Å². The lowest BCUT2D eigenvalue weighted by atomic mass is 10.1. The predicted octanol–water partition coefficient (Wildman–Crippen LogP) is 2.15. The average molecular weight is 185 g/mol. The highest BCUT2D eigenvalue weighted by Crippen LogP contribution is 2.18. The molecule has 1 aromatic heterocycles. The summed E-state index contributed by atoms with van der Waals surface area (Å²) in [5, 5.41) is 0. The lowest BCUT2D eigenvalue weighted by Gasteiger charge is -2.01. The fraction of sp³-hybridized carbons (Fsp3) is 0.333. The number of carbonyl (C=O) groups is 1. The highest BCUT2D eigenvalue weighted by molar-refractivity contribution is 5.78. The summed E-state index contributed by atoms with van der Waals surface area (Å²) in [5.74, 6) is -0.0618. The van der Waals surface area contributed by atoms with Gasteiger partial charge in [0.05, 0.1) is 0 Å². The minimum atomic E-state index is -2.53. The van der Waals surface area contributed by atoms with Crippen LogP contribution in [0.25, 0.3) is 0 Å². The third-order valence-electron chi connectivity index (χ3n) is 1.52. The quantitative estimate of drug-likeness (QED) is 0.722. The zero-order valence-corrected chi connectivity index (χ0v) is 7.13. The molecule has 1 heterocycles. The van der Waals surface area contributed by atoms with Crippen molar-refractivity contribution in [2.75, 3.05) is 0 Å². The molecule has 0 saturated heterocycles. The Balaban J connectivity index is 2.85. The number of alkyl halides is 2. The molecular weight excluding hydrogens is 176 g/mol. The number of ketones is 1. The van der Waals surface area contributed by atoms with Crippen LogP contribution in [0.4, 0.5) is 8.78 Å². The van der Waals surface area contributed by atoms with Gasteiger partial charge in [0, 0.05) is 24.4 Å². The largest absolute Gasteiger partial charge is 0.300 e. The second kappa shape index (κ2) is 4.07. The molecule has 0 aromatic carbocycles. The summed E-state index contributed by atoms with van der Waals surface area (Å²) in [7, 11) is 0. The van der Waals surface area contributed by atoms with Crippen LogP contribution in [0.15, 0.2) is 18.5 Å². The van der Waals surface area contributed by atoms with Crippen LogP contribution >= 0.6 is 0 Å². The van der Waals surface area contributed by atoms with E-state index in [1.54, 1.807) is 0 Å². The van der Waals surface area contributed by atoms with Crippen molar-refractivity contribution in [2.24, 2.45) is 0 Å². The molecule has 0 aliphatic rings. The van der Waals surface area contributed by atoms with Gasteiger partial charge in [0.25, 0.3) is 6.43 Å². The first-order valence-electron chi connectivity index (χ1n) is 3.81. The molecule has 0 aliphatic carbocycles. The number of rotatable bonds is 3. The van der Waals surface area contributed by atoms with Crippen LogP contribution in [0.1, 0.15) is 24.5 Å². The van der Waals surface area contributed by atoms with Crippen molar-refractivity contribution >= 4 is 5.78 Å². The molecule has 0 atom stereocenters. The maximum absolute atomic E-state index is 12.2. The van der Waals surface area contributed by atoms with Gasteiger partial charge in [-0.2, -0.15) is 0 Å². The van der Waals surface area contributed by atoms with Gasteiger partial charge in [-0.1, -0.05) is 0 Å². The fourth-order valence-corrected chi connectivity index (χ4v) is 1.01. The van der Waals surface area contributed by atoms with Gasteiger partial charge in [-0.3, -0.25) is 9.78 Å². The number of carbonyl (C=O) groups excluding carboxylic acids is 1. The van der Waals surface area contributed by atoms with Crippen LogP contribution < -0.4 is 0 Å². The maximum Gasteiger partial charge on any atom is 0.265 e. The number of halogens is 2. The summed E-state index contributed by atoms with van der Waals surface area (Å²) in [6.45, 7) is 1.41. The zero-order chi connectivity index (χ0) is 9.84. The molecule has 0 radical (unpaired) electrons. The van der Waals surface area contributed by atoms with Crippen molar-refractivity contribution in [1.29, 1.82) is 0 Å². The summed E-state index contributed by atoms with van der Waals surface area (Å²) >= 11 is 0. The van der Waals surface area contributed by atoms with Crippen molar-refractivity contribution in [3.63, 3.8) is 0 Å². The van der Waals surface area contributed by atoms with Crippen LogP contribution in [0, 0.1) is 0 Å². The highest BCUT2D eigenvalue weighted by atomic mass is 19.3. The van der Waals surface area contributed by atoms with Crippen molar-refractivity contribution in [3.05, 3.63) is 29.6 Å². The van der Waals surface area contributed by atoms with Crippen molar-refractivity contribution < 1.29 is 13.6 Å². The number of hydrogen-bond donors (Lipinski definition) is 0. The van der Waals surface area contributed by atoms with Crippen LogP contribution in [-0.2, 0) is 11.2 Å². The number of hydrogen-bond acceptors (Lipinski definition) is 2. The van der Waals surface area contributed by atoms with Gasteiger partial charge in [0.2, 0.25) is 0 Å². The Labute approximate surface area is 74.6 Å². The second-order valence-electron chi connectivity index (χ2n) is 2.81. The molecule has 70 valence electrons. The van der Waals surface area contributed by atoms with Crippen molar-refractivity contribution in [3.8, 4) is 0 Å². The standard InChI is InChI=1S/C9H9F2NO/c1-6(13)2-7-3-8(9(10)11)5-12-4-7/h3-5,9H,2H2,1H3. The molecule has 1 aromatic rings. The number of nitrogens with zero attached hydrogens (tertiary/aromatic N) is 1. The van der Waals surface area contributed by atoms with Gasteiger partial charge < -0.3 is 0 Å². The smallest absolute Gasteiger partial charge is 0.265 e. The van der Waals surface area contributed by atoms with Crippen LogP contribution in [0.5, 0.6) is 0 Å². The Kier molecular flexibility index (Phi) is 3.06. The number of pyridine rings is 1. The maximum atomic E-state index is 12.2. The molecule has 0 fully saturated rings. The van der Waals surface area contributed by atoms with E-state index in [1.807, 2.05) is 0 Å². The molecule has 13 heavy (non-hydrogen) atoms. The molecule has 1 rings (SSSR count). The zero-order valence-electron chi connectivity index (χ0n) is 7.13. The number of aromatic nitrogens is 1. The van der Waals surface area contributed by atoms with E-state index in [1.165, 1.54) is 19.2 Å². The minimum Gasteiger partial charge on any atom is -0.300 e. The van der Waals surface area contributed by atoms with Crippen LogP contribution in [0.2, 0.25) is 0 Å². The van der Waals surface area contributed by atoms with E-state index in [0.717, 1.165) is 6.20 Å². The minimum absolute atomic E-state index is 0.0618. The topological polar surface area (TPSA) is 30.0 Å². The van der Waals surface area contributed by atoms with Crippen LogP contribution in [0.3, 0.4) is 0 Å². The monoisotopic (exact) mass is 185 g/mol. The van der Waals surface area contributed by atoms with Gasteiger partial charge in [-0.15, -0.1) is 0 Å². The summed E-state index contributed by atoms with van der Waals surface area (Å²) in [5.41, 5.74) is 0.393. The molecule has 0 spiro atoms. The van der Waals surface area contributed by atoms with Gasteiger partial charge in [0.15, 0.2) is 0 Å². The van der Waals surface area contributed by atoms with Gasteiger partial charge in [-0.25, -0.2) is 8.78 Å². The molecule has 2 nitrogen and oxygen atoms in total. The summed E-state index contributed by atoms with van der Waals surface area (Å²) in [4.78, 5) is 14.3. The van der Waals surface area contributed by atoms with Crippen molar-refractivity contribution in [2.45, 2.75) is 19.8 Å². The molecule has 0 amide bonds. The molecule has 4 heteroatoms. The summed E-state index contributed by atoms with van der Waals surface area (Å²) in [6.07, 6.45) is 0.161. The van der Waals surface area contributed by atoms with E-state index in [0.29, 0.717) is 5.56 Å². The molecule has 0 unspecified atom stereocenters. The third kappa shape index (κ3) is 2.89. The second-order valence-corrected chi connectivity index (χ2v) is 2.81. The Morgan fingerprint density at radius 2 is 2.23 bits per heavy atom. The highest BCUT2D eigenvalue weighted by Gasteiger charge is 2.08. The lowest BCUT2D eigenvalue weighted by molar-refractivity contribution is -0.116. The van der Waals surface area contributed by atoms with E-state index in [2.05, 4.69) is 4.98 Å². The molecule has 0 saturated carbocycles. The Morgan fingerprint density at radius 1 is 1.54 bits per heavy atom. The first-order chi connectivity index (χ1) is 6.09. The first kappa shape index (κ1) is 9.77. The lowest BCUT2D eigenvalue weighted by Crippen LogP contribution is -1.98. The average Bonchev–Trinajstić information content (AvgIpc) is 2.03. The van der Waals surface area contributed by atoms with E-state index in [-0.39, 0.29) is 17.8 Å². The number of Topliss-reactive ketones (excluding diaryl/α,β-unsaturated/α-hetero) is 1. The van der Waals surface area contributed by atoms with Crippen molar-refractivity contribution in [1.82, 2.24) is 4.98 Å². The fourth-order valence-electron chi connectivity index (χ4n) is 1.01. The normalized spacial score (nSPS) is 10.5. The van der Waals surface area contributed by atoms with E-state index in [9.17, 15) is 13.6 Å². The van der Waals surface area contributed by atoms with E-state index < -0.39 is 6.43 Å². The molecule has 0 N–H and O–H groups in total. The van der Waals surface area contributed by atoms with Crippen LogP contribution in [-0.4, -0.2) is 10.8 Å². The summed E-state index contributed by atoms with van der Waals surface area (Å²) in [6, 6.07) is 1.30. The Morgan fingerprint density at radius 3 is 2.77 bits per heavy atom. The Hall–Kier alpha value is -1.32. The van der Waals surface area contributed by atoms with Gasteiger partial charge in [0.1, 0.15) is 5.78 Å². The molecule has 0 aliphatic heterocycles. The predicted molar refractivity (Wildman–Crippen MR) is 43.6 cm³/mol. The SMILES string of the molecule is CC(=O)Cc1cncc(C(F)F)c1.